The van der Waals surface area contributed by atoms with E-state index in [9.17, 15) is 5.11 Å². The molecule has 0 spiro atoms. The van der Waals surface area contributed by atoms with Gasteiger partial charge in [-0.1, -0.05) is 36.9 Å². The molecule has 3 heteroatoms. The smallest absolute Gasteiger partial charge is 0.127 e. The predicted octanol–water partition coefficient (Wildman–Crippen LogP) is 4.30. The van der Waals surface area contributed by atoms with Gasteiger partial charge in [0.25, 0.3) is 0 Å². The minimum atomic E-state index is 0.0963. The molecule has 1 fully saturated rings. The van der Waals surface area contributed by atoms with E-state index in [0.717, 1.165) is 16.9 Å². The van der Waals surface area contributed by atoms with Crippen molar-refractivity contribution in [3.05, 3.63) is 34.4 Å². The van der Waals surface area contributed by atoms with Crippen molar-refractivity contribution in [1.82, 2.24) is 0 Å². The quantitative estimate of drug-likeness (QED) is 0.891. The first-order valence-electron chi connectivity index (χ1n) is 6.90. The third-order valence-electron chi connectivity index (χ3n) is 3.87. The second kappa shape index (κ2) is 6.97. The summed E-state index contributed by atoms with van der Waals surface area (Å²) >= 11 is 6.24. The number of methoxy groups -OCH3 is 1. The Labute approximate surface area is 120 Å². The average molecular weight is 281 g/mol. The van der Waals surface area contributed by atoms with E-state index in [1.807, 2.05) is 24.3 Å². The molecule has 104 valence electrons. The number of hydrogen-bond acceptors (Lipinski definition) is 2. The van der Waals surface area contributed by atoms with Crippen LogP contribution in [0.4, 0.5) is 0 Å². The molecule has 1 aromatic carbocycles. The molecule has 2 nitrogen and oxygen atoms in total. The zero-order valence-electron chi connectivity index (χ0n) is 11.4. The molecule has 0 heterocycles. The number of ether oxygens (including phenoxy) is 1. The molecule has 0 saturated heterocycles. The zero-order chi connectivity index (χ0) is 13.7. The molecule has 1 saturated carbocycles. The highest BCUT2D eigenvalue weighted by Gasteiger charge is 2.18. The number of rotatable bonds is 4. The van der Waals surface area contributed by atoms with Crippen LogP contribution >= 0.6 is 11.6 Å². The second-order valence-corrected chi connectivity index (χ2v) is 5.48. The predicted molar refractivity (Wildman–Crippen MR) is 79.6 cm³/mol. The fraction of sp³-hybridized carbons (Fsp3) is 0.500. The Morgan fingerprint density at radius 2 is 2.11 bits per heavy atom. The topological polar surface area (TPSA) is 29.5 Å². The molecule has 1 aliphatic rings. The maximum atomic E-state index is 9.64. The van der Waals surface area contributed by atoms with Crippen molar-refractivity contribution in [1.29, 1.82) is 0 Å². The Kier molecular flexibility index (Phi) is 5.29. The van der Waals surface area contributed by atoms with Crippen molar-refractivity contribution < 1.29 is 9.84 Å². The third kappa shape index (κ3) is 3.52. The van der Waals surface area contributed by atoms with Gasteiger partial charge in [-0.15, -0.1) is 0 Å². The summed E-state index contributed by atoms with van der Waals surface area (Å²) in [5, 5.41) is 10.3. The van der Waals surface area contributed by atoms with Crippen LogP contribution in [0.1, 0.15) is 37.7 Å². The summed E-state index contributed by atoms with van der Waals surface area (Å²) in [5.41, 5.74) is 1.95. The zero-order valence-corrected chi connectivity index (χ0v) is 12.1. The summed E-state index contributed by atoms with van der Waals surface area (Å²) in [6, 6.07) is 5.62. The number of aliphatic hydroxyl groups is 1. The lowest BCUT2D eigenvalue weighted by Gasteiger charge is -2.24. The molecule has 0 unspecified atom stereocenters. The lowest BCUT2D eigenvalue weighted by Crippen LogP contribution is -2.11. The van der Waals surface area contributed by atoms with Gasteiger partial charge in [0.05, 0.1) is 18.7 Å². The van der Waals surface area contributed by atoms with Crippen molar-refractivity contribution in [3.63, 3.8) is 0 Å². The third-order valence-corrected chi connectivity index (χ3v) is 4.20. The van der Waals surface area contributed by atoms with Crippen LogP contribution in [0.15, 0.2) is 23.8 Å². The summed E-state index contributed by atoms with van der Waals surface area (Å²) in [6.45, 7) is 0.0963. The first kappa shape index (κ1) is 14.4. The Balaban J connectivity index is 2.31. The van der Waals surface area contributed by atoms with E-state index in [2.05, 4.69) is 0 Å². The summed E-state index contributed by atoms with van der Waals surface area (Å²) in [5.74, 6) is 1.24. The van der Waals surface area contributed by atoms with E-state index >= 15 is 0 Å². The molecule has 0 aromatic heterocycles. The summed E-state index contributed by atoms with van der Waals surface area (Å²) < 4.78 is 5.35. The van der Waals surface area contributed by atoms with Gasteiger partial charge in [0, 0.05) is 5.56 Å². The van der Waals surface area contributed by atoms with Gasteiger partial charge in [-0.2, -0.15) is 0 Å². The van der Waals surface area contributed by atoms with Gasteiger partial charge in [0.2, 0.25) is 0 Å². The maximum Gasteiger partial charge on any atom is 0.127 e. The fourth-order valence-corrected chi connectivity index (χ4v) is 3.01. The standard InChI is InChI=1S/C16H21ClO2/c1-19-16-9-5-8-15(17)14(16)10-13(11-18)12-6-3-2-4-7-12/h5,8-10,12,18H,2-4,6-7,11H2,1H3/b13-10-. The van der Waals surface area contributed by atoms with Crippen molar-refractivity contribution in [2.24, 2.45) is 5.92 Å². The van der Waals surface area contributed by atoms with Crippen LogP contribution < -0.4 is 4.74 Å². The molecule has 0 aliphatic heterocycles. The van der Waals surface area contributed by atoms with Gasteiger partial charge in [0.1, 0.15) is 5.75 Å². The Morgan fingerprint density at radius 1 is 1.37 bits per heavy atom. The number of hydrogen-bond donors (Lipinski definition) is 1. The van der Waals surface area contributed by atoms with E-state index in [4.69, 9.17) is 16.3 Å². The van der Waals surface area contributed by atoms with Crippen LogP contribution in [0.3, 0.4) is 0 Å². The molecule has 1 aromatic rings. The first-order valence-corrected chi connectivity index (χ1v) is 7.28. The highest BCUT2D eigenvalue weighted by Crippen LogP contribution is 2.34. The normalized spacial score (nSPS) is 17.5. The van der Waals surface area contributed by atoms with Crippen molar-refractivity contribution in [2.75, 3.05) is 13.7 Å². The first-order chi connectivity index (χ1) is 9.26. The van der Waals surface area contributed by atoms with Crippen molar-refractivity contribution >= 4 is 17.7 Å². The minimum absolute atomic E-state index is 0.0963. The van der Waals surface area contributed by atoms with E-state index in [0.29, 0.717) is 10.9 Å². The van der Waals surface area contributed by atoms with Crippen LogP contribution in [0, 0.1) is 5.92 Å². The fourth-order valence-electron chi connectivity index (χ4n) is 2.79. The maximum absolute atomic E-state index is 9.64. The molecular weight excluding hydrogens is 260 g/mol. The van der Waals surface area contributed by atoms with E-state index < -0.39 is 0 Å². The second-order valence-electron chi connectivity index (χ2n) is 5.07. The summed E-state index contributed by atoms with van der Waals surface area (Å²) in [7, 11) is 1.64. The molecule has 0 atom stereocenters. The van der Waals surface area contributed by atoms with Gasteiger partial charge in [-0.3, -0.25) is 0 Å². The number of halogens is 1. The summed E-state index contributed by atoms with van der Waals surface area (Å²) in [4.78, 5) is 0. The van der Waals surface area contributed by atoms with Gasteiger partial charge in [0.15, 0.2) is 0 Å². The van der Waals surface area contributed by atoms with Gasteiger partial charge in [-0.25, -0.2) is 0 Å². The summed E-state index contributed by atoms with van der Waals surface area (Å²) in [6.07, 6.45) is 8.16. The highest BCUT2D eigenvalue weighted by atomic mass is 35.5. The highest BCUT2D eigenvalue weighted by molar-refractivity contribution is 6.32. The van der Waals surface area contributed by atoms with Crippen LogP contribution in [-0.4, -0.2) is 18.8 Å². The molecule has 1 N–H and O–H groups in total. The Bertz CT molecular complexity index is 448. The average Bonchev–Trinajstić information content (AvgIpc) is 2.46. The lowest BCUT2D eigenvalue weighted by atomic mass is 9.83. The minimum Gasteiger partial charge on any atom is -0.496 e. The Morgan fingerprint density at radius 3 is 2.74 bits per heavy atom. The van der Waals surface area contributed by atoms with Crippen LogP contribution in [0.5, 0.6) is 5.75 Å². The molecule has 1 aliphatic carbocycles. The van der Waals surface area contributed by atoms with Gasteiger partial charge < -0.3 is 9.84 Å². The van der Waals surface area contributed by atoms with E-state index in [-0.39, 0.29) is 6.61 Å². The largest absolute Gasteiger partial charge is 0.496 e. The van der Waals surface area contributed by atoms with E-state index in [1.54, 1.807) is 7.11 Å². The van der Waals surface area contributed by atoms with Gasteiger partial charge >= 0.3 is 0 Å². The van der Waals surface area contributed by atoms with Crippen LogP contribution in [-0.2, 0) is 0 Å². The van der Waals surface area contributed by atoms with Gasteiger partial charge in [-0.05, 0) is 42.5 Å². The van der Waals surface area contributed by atoms with Crippen LogP contribution in [0.25, 0.3) is 6.08 Å². The monoisotopic (exact) mass is 280 g/mol. The molecule has 2 rings (SSSR count). The van der Waals surface area contributed by atoms with E-state index in [1.165, 1.54) is 32.1 Å². The molecule has 19 heavy (non-hydrogen) atoms. The Hall–Kier alpha value is -0.990. The molecule has 0 radical (unpaired) electrons. The number of aliphatic hydroxyl groups excluding tert-OH is 1. The number of benzene rings is 1. The lowest BCUT2D eigenvalue weighted by molar-refractivity contribution is 0.295. The van der Waals surface area contributed by atoms with Crippen molar-refractivity contribution in [2.45, 2.75) is 32.1 Å². The molecule has 0 bridgehead atoms. The van der Waals surface area contributed by atoms with Crippen LogP contribution in [0.2, 0.25) is 5.02 Å². The SMILES string of the molecule is COc1cccc(Cl)c1/C=C(/CO)C1CCCCC1. The molecule has 0 amide bonds. The molecular formula is C16H21ClO2. The van der Waals surface area contributed by atoms with Crippen molar-refractivity contribution in [3.8, 4) is 5.75 Å².